The predicted octanol–water partition coefficient (Wildman–Crippen LogP) is 3.45. The van der Waals surface area contributed by atoms with E-state index in [0.717, 1.165) is 17.0 Å². The lowest BCUT2D eigenvalue weighted by molar-refractivity contribution is 0.112. The minimum absolute atomic E-state index is 0.00867. The highest BCUT2D eigenvalue weighted by atomic mass is 35.5. The van der Waals surface area contributed by atoms with E-state index in [0.29, 0.717) is 6.29 Å². The molecular formula is C21H15ClF2N4O5. The van der Waals surface area contributed by atoms with Gasteiger partial charge >= 0.3 is 5.69 Å². The number of aromatic nitrogens is 4. The summed E-state index contributed by atoms with van der Waals surface area (Å²) < 4.78 is 45.2. The molecular weight excluding hydrogens is 462 g/mol. The molecule has 2 aromatic heterocycles. The predicted molar refractivity (Wildman–Crippen MR) is 114 cm³/mol. The highest BCUT2D eigenvalue weighted by molar-refractivity contribution is 6.32. The van der Waals surface area contributed by atoms with Crippen LogP contribution in [0.15, 0.2) is 35.4 Å². The molecule has 2 aromatic carbocycles. The van der Waals surface area contributed by atoms with Gasteiger partial charge in [0, 0.05) is 12.1 Å². The standard InChI is InChI=1S/C21H15ClF2N4O5/c1-31-15-4-3-12(23)18(24)10(15)8-33-17-6-14(11(22)5-16(17)32-2)28-20-19(27-21(28)30)13(7-29)25-9-26-20/h3-7,9H,8H2,1-2H3,(H,27,30). The van der Waals surface area contributed by atoms with Gasteiger partial charge in [-0.1, -0.05) is 11.6 Å². The summed E-state index contributed by atoms with van der Waals surface area (Å²) in [5.74, 6) is -1.83. The van der Waals surface area contributed by atoms with E-state index in [1.54, 1.807) is 0 Å². The summed E-state index contributed by atoms with van der Waals surface area (Å²) in [6.07, 6.45) is 1.61. The van der Waals surface area contributed by atoms with E-state index in [9.17, 15) is 18.4 Å². The Labute approximate surface area is 189 Å². The number of fused-ring (bicyclic) bond motifs is 1. The lowest BCUT2D eigenvalue weighted by atomic mass is 10.2. The van der Waals surface area contributed by atoms with E-state index >= 15 is 0 Å². The maximum atomic E-state index is 14.3. The summed E-state index contributed by atoms with van der Waals surface area (Å²) in [6, 6.07) is 4.98. The van der Waals surface area contributed by atoms with E-state index in [1.165, 1.54) is 32.4 Å². The van der Waals surface area contributed by atoms with Gasteiger partial charge in [0.1, 0.15) is 29.9 Å². The average Bonchev–Trinajstić information content (AvgIpc) is 3.16. The van der Waals surface area contributed by atoms with Crippen molar-refractivity contribution in [3.05, 3.63) is 69.0 Å². The SMILES string of the molecule is COc1cc(Cl)c(-n2c(=O)[nH]c3c(C=O)ncnc32)cc1OCc1c(OC)ccc(F)c1F. The van der Waals surface area contributed by atoms with Crippen LogP contribution in [-0.4, -0.2) is 40.0 Å². The molecule has 0 aliphatic heterocycles. The third-order valence-electron chi connectivity index (χ3n) is 4.83. The minimum atomic E-state index is -1.12. The molecule has 0 amide bonds. The molecule has 0 radical (unpaired) electrons. The molecule has 0 atom stereocenters. The van der Waals surface area contributed by atoms with Crippen LogP contribution in [0.3, 0.4) is 0 Å². The van der Waals surface area contributed by atoms with Crippen LogP contribution >= 0.6 is 11.6 Å². The summed E-state index contributed by atoms with van der Waals surface area (Å²) in [6.45, 7) is -0.412. The number of imidazole rings is 1. The van der Waals surface area contributed by atoms with Gasteiger partial charge in [0.05, 0.1) is 30.5 Å². The third-order valence-corrected chi connectivity index (χ3v) is 5.14. The fourth-order valence-corrected chi connectivity index (χ4v) is 3.51. The van der Waals surface area contributed by atoms with Crippen molar-refractivity contribution in [2.45, 2.75) is 6.61 Å². The number of rotatable bonds is 7. The fourth-order valence-electron chi connectivity index (χ4n) is 3.27. The largest absolute Gasteiger partial charge is 0.496 e. The summed E-state index contributed by atoms with van der Waals surface area (Å²) >= 11 is 6.38. The number of hydrogen-bond acceptors (Lipinski definition) is 7. The highest BCUT2D eigenvalue weighted by Gasteiger charge is 2.20. The molecule has 170 valence electrons. The van der Waals surface area contributed by atoms with Gasteiger partial charge in [-0.2, -0.15) is 0 Å². The maximum absolute atomic E-state index is 14.3. The monoisotopic (exact) mass is 476 g/mol. The van der Waals surface area contributed by atoms with Crippen LogP contribution < -0.4 is 19.9 Å². The molecule has 4 aromatic rings. The van der Waals surface area contributed by atoms with E-state index in [-0.39, 0.29) is 50.4 Å². The molecule has 4 rings (SSSR count). The number of aromatic amines is 1. The van der Waals surface area contributed by atoms with Crippen molar-refractivity contribution in [1.82, 2.24) is 19.5 Å². The first-order chi connectivity index (χ1) is 15.9. The first-order valence-electron chi connectivity index (χ1n) is 9.32. The number of hydrogen-bond donors (Lipinski definition) is 1. The first kappa shape index (κ1) is 22.2. The van der Waals surface area contributed by atoms with Crippen LogP contribution in [0.4, 0.5) is 8.78 Å². The molecule has 2 heterocycles. The summed E-state index contributed by atoms with van der Waals surface area (Å²) in [5, 5.41) is 0.1000. The van der Waals surface area contributed by atoms with Crippen LogP contribution in [0.25, 0.3) is 16.9 Å². The fraction of sp³-hybridized carbons (Fsp3) is 0.143. The zero-order valence-corrected chi connectivity index (χ0v) is 17.9. The van der Waals surface area contributed by atoms with Gasteiger partial charge in [0.15, 0.2) is 35.1 Å². The second-order valence-electron chi connectivity index (χ2n) is 6.63. The van der Waals surface area contributed by atoms with Gasteiger partial charge < -0.3 is 19.2 Å². The second kappa shape index (κ2) is 8.87. The summed E-state index contributed by atoms with van der Waals surface area (Å²) in [7, 11) is 2.68. The third kappa shape index (κ3) is 3.87. The second-order valence-corrected chi connectivity index (χ2v) is 7.03. The quantitative estimate of drug-likeness (QED) is 0.407. The van der Waals surface area contributed by atoms with Crippen LogP contribution in [-0.2, 0) is 6.61 Å². The lowest BCUT2D eigenvalue weighted by Gasteiger charge is -2.16. The van der Waals surface area contributed by atoms with Gasteiger partial charge in [-0.25, -0.2) is 28.1 Å². The van der Waals surface area contributed by atoms with Crippen LogP contribution in [0.2, 0.25) is 5.02 Å². The summed E-state index contributed by atoms with van der Waals surface area (Å²) in [5.41, 5.74) is -0.420. The Morgan fingerprint density at radius 3 is 2.58 bits per heavy atom. The molecule has 0 spiro atoms. The number of H-pyrrole nitrogens is 1. The van der Waals surface area contributed by atoms with Crippen molar-refractivity contribution in [2.75, 3.05) is 14.2 Å². The Hall–Kier alpha value is -3.99. The van der Waals surface area contributed by atoms with Crippen molar-refractivity contribution in [1.29, 1.82) is 0 Å². The van der Waals surface area contributed by atoms with Gasteiger partial charge in [0.2, 0.25) is 0 Å². The zero-order valence-electron chi connectivity index (χ0n) is 17.2. The maximum Gasteiger partial charge on any atom is 0.332 e. The number of carbonyl (C=O) groups is 1. The average molecular weight is 477 g/mol. The Balaban J connectivity index is 1.82. The number of carbonyl (C=O) groups excluding carboxylic acids is 1. The van der Waals surface area contributed by atoms with E-state index in [4.69, 9.17) is 25.8 Å². The molecule has 9 nitrogen and oxygen atoms in total. The highest BCUT2D eigenvalue weighted by Crippen LogP contribution is 2.37. The zero-order chi connectivity index (χ0) is 23.7. The minimum Gasteiger partial charge on any atom is -0.496 e. The number of methoxy groups -OCH3 is 2. The van der Waals surface area contributed by atoms with E-state index in [1.807, 2.05) is 0 Å². The molecule has 0 saturated carbocycles. The molecule has 12 heteroatoms. The number of nitrogens with zero attached hydrogens (tertiary/aromatic N) is 3. The molecule has 1 N–H and O–H groups in total. The van der Waals surface area contributed by atoms with Gasteiger partial charge in [0.25, 0.3) is 0 Å². The number of halogens is 3. The van der Waals surface area contributed by atoms with Gasteiger partial charge in [-0.3, -0.25) is 4.79 Å². The molecule has 0 unspecified atom stereocenters. The topological polar surface area (TPSA) is 108 Å². The molecule has 0 aliphatic carbocycles. The normalized spacial score (nSPS) is 10.9. The lowest BCUT2D eigenvalue weighted by Crippen LogP contribution is -2.15. The van der Waals surface area contributed by atoms with Crippen molar-refractivity contribution < 1.29 is 27.8 Å². The Bertz CT molecular complexity index is 1440. The Morgan fingerprint density at radius 2 is 1.88 bits per heavy atom. The Kier molecular flexibility index (Phi) is 5.97. The van der Waals surface area contributed by atoms with E-state index < -0.39 is 23.9 Å². The summed E-state index contributed by atoms with van der Waals surface area (Å²) in [4.78, 5) is 34.3. The van der Waals surface area contributed by atoms with Crippen molar-refractivity contribution in [2.24, 2.45) is 0 Å². The molecule has 0 aliphatic rings. The van der Waals surface area contributed by atoms with Crippen molar-refractivity contribution in [3.63, 3.8) is 0 Å². The number of aldehydes is 1. The molecule has 0 bridgehead atoms. The van der Waals surface area contributed by atoms with Gasteiger partial charge in [-0.15, -0.1) is 0 Å². The van der Waals surface area contributed by atoms with Crippen molar-refractivity contribution >= 4 is 29.1 Å². The first-order valence-corrected chi connectivity index (χ1v) is 9.69. The van der Waals surface area contributed by atoms with Crippen molar-refractivity contribution in [3.8, 4) is 22.9 Å². The number of ether oxygens (including phenoxy) is 3. The molecule has 33 heavy (non-hydrogen) atoms. The van der Waals surface area contributed by atoms with Crippen LogP contribution in [0.5, 0.6) is 17.2 Å². The number of nitrogens with one attached hydrogen (secondary N) is 1. The van der Waals surface area contributed by atoms with Crippen LogP contribution in [0, 0.1) is 11.6 Å². The number of benzene rings is 2. The Morgan fingerprint density at radius 1 is 1.12 bits per heavy atom. The molecule has 0 fully saturated rings. The van der Waals surface area contributed by atoms with Gasteiger partial charge in [-0.05, 0) is 12.1 Å². The smallest absolute Gasteiger partial charge is 0.332 e. The van der Waals surface area contributed by atoms with E-state index in [2.05, 4.69) is 15.0 Å². The van der Waals surface area contributed by atoms with Crippen LogP contribution in [0.1, 0.15) is 16.1 Å². The molecule has 0 saturated heterocycles.